The molecule has 4 heteroatoms. The van der Waals surface area contributed by atoms with E-state index < -0.39 is 11.0 Å². The number of fused-ring (bicyclic) bond motifs is 1. The van der Waals surface area contributed by atoms with Gasteiger partial charge < -0.3 is 0 Å². The zero-order chi connectivity index (χ0) is 15.6. The van der Waals surface area contributed by atoms with E-state index in [1.54, 1.807) is 3.97 Å². The Hall–Kier alpha value is -2.72. The Labute approximate surface area is 136 Å². The molecule has 1 aromatic heterocycles. The van der Waals surface area contributed by atoms with E-state index in [0.29, 0.717) is 5.82 Å². The molecule has 112 valence electrons. The van der Waals surface area contributed by atoms with Gasteiger partial charge in [-0.25, -0.2) is 13.2 Å². The highest BCUT2D eigenvalue weighted by molar-refractivity contribution is 7.83. The second-order valence-electron chi connectivity index (χ2n) is 5.15. The second kappa shape index (κ2) is 5.82. The fraction of sp³-hybridized carbons (Fsp3) is 0. The first-order chi connectivity index (χ1) is 11.3. The van der Waals surface area contributed by atoms with Crippen LogP contribution in [0.5, 0.6) is 0 Å². The molecule has 0 bridgehead atoms. The molecule has 1 unspecified atom stereocenters. The minimum absolute atomic E-state index is 0.717. The van der Waals surface area contributed by atoms with Crippen molar-refractivity contribution in [1.29, 1.82) is 0 Å². The van der Waals surface area contributed by atoms with Crippen molar-refractivity contribution in [3.05, 3.63) is 84.9 Å². The summed E-state index contributed by atoms with van der Waals surface area (Å²) in [5.41, 5.74) is 2.66. The summed E-state index contributed by atoms with van der Waals surface area (Å²) in [5.74, 6) is 0.717. The van der Waals surface area contributed by atoms with Gasteiger partial charge in [0.05, 0.1) is 15.9 Å². The van der Waals surface area contributed by atoms with Gasteiger partial charge in [-0.2, -0.15) is 0 Å². The third-order valence-electron chi connectivity index (χ3n) is 3.66. The Bertz CT molecular complexity index is 978. The monoisotopic (exact) mass is 318 g/mol. The molecule has 3 nitrogen and oxygen atoms in total. The molecule has 1 atom stereocenters. The van der Waals surface area contributed by atoms with E-state index in [1.165, 1.54) is 0 Å². The maximum Gasteiger partial charge on any atom is 0.158 e. The van der Waals surface area contributed by atoms with E-state index in [0.717, 1.165) is 21.5 Å². The van der Waals surface area contributed by atoms with Crippen LogP contribution in [0.3, 0.4) is 0 Å². The first-order valence-corrected chi connectivity index (χ1v) is 8.45. The van der Waals surface area contributed by atoms with Crippen LogP contribution in [-0.2, 0) is 11.0 Å². The number of para-hydroxylation sites is 2. The SMILES string of the molecule is O=S(c1ccccc1)n1c(-c2ccccc2)nc2ccccc21. The minimum atomic E-state index is -1.35. The van der Waals surface area contributed by atoms with Gasteiger partial charge in [0.2, 0.25) is 0 Å². The molecule has 3 aromatic carbocycles. The van der Waals surface area contributed by atoms with E-state index in [1.807, 2.05) is 84.9 Å². The standard InChI is InChI=1S/C19H14N2OS/c22-23(16-11-5-2-6-12-16)21-18-14-8-7-13-17(18)20-19(21)15-9-3-1-4-10-15/h1-14H. The minimum Gasteiger partial charge on any atom is -0.236 e. The highest BCUT2D eigenvalue weighted by atomic mass is 32.2. The number of rotatable bonds is 3. The van der Waals surface area contributed by atoms with E-state index in [9.17, 15) is 4.21 Å². The van der Waals surface area contributed by atoms with Gasteiger partial charge in [-0.1, -0.05) is 60.7 Å². The summed E-state index contributed by atoms with van der Waals surface area (Å²) < 4.78 is 15.0. The predicted octanol–water partition coefficient (Wildman–Crippen LogP) is 4.27. The quantitative estimate of drug-likeness (QED) is 0.565. The van der Waals surface area contributed by atoms with E-state index in [4.69, 9.17) is 4.98 Å². The topological polar surface area (TPSA) is 34.9 Å². The molecule has 0 amide bonds. The number of hydrogen-bond acceptors (Lipinski definition) is 2. The van der Waals surface area contributed by atoms with Crippen LogP contribution in [0.25, 0.3) is 22.4 Å². The maximum atomic E-state index is 13.1. The molecule has 0 N–H and O–H groups in total. The normalized spacial score (nSPS) is 12.3. The third-order valence-corrected chi connectivity index (χ3v) is 5.04. The average molecular weight is 318 g/mol. The zero-order valence-corrected chi connectivity index (χ0v) is 13.1. The summed E-state index contributed by atoms with van der Waals surface area (Å²) in [6, 6.07) is 27.1. The summed E-state index contributed by atoms with van der Waals surface area (Å²) in [4.78, 5) is 5.46. The fourth-order valence-electron chi connectivity index (χ4n) is 2.58. The number of imidazole rings is 1. The van der Waals surface area contributed by atoms with Gasteiger partial charge in [0, 0.05) is 5.56 Å². The Morgan fingerprint density at radius 3 is 2.09 bits per heavy atom. The number of aromatic nitrogens is 2. The van der Waals surface area contributed by atoms with Crippen molar-refractivity contribution in [1.82, 2.24) is 8.96 Å². The van der Waals surface area contributed by atoms with Crippen LogP contribution in [0, 0.1) is 0 Å². The molecule has 23 heavy (non-hydrogen) atoms. The summed E-state index contributed by atoms with van der Waals surface area (Å²) >= 11 is 0. The van der Waals surface area contributed by atoms with Gasteiger partial charge in [0.15, 0.2) is 16.8 Å². The second-order valence-corrected chi connectivity index (χ2v) is 6.48. The lowest BCUT2D eigenvalue weighted by Gasteiger charge is -2.08. The molecule has 4 rings (SSSR count). The van der Waals surface area contributed by atoms with Crippen molar-refractivity contribution < 1.29 is 4.21 Å². The smallest absolute Gasteiger partial charge is 0.158 e. The molecular formula is C19H14N2OS. The van der Waals surface area contributed by atoms with Crippen molar-refractivity contribution in [2.45, 2.75) is 4.90 Å². The van der Waals surface area contributed by atoms with Gasteiger partial charge >= 0.3 is 0 Å². The summed E-state index contributed by atoms with van der Waals surface area (Å²) in [7, 11) is -1.35. The molecule has 0 radical (unpaired) electrons. The van der Waals surface area contributed by atoms with Crippen LogP contribution < -0.4 is 0 Å². The lowest BCUT2D eigenvalue weighted by molar-refractivity contribution is 0.678. The predicted molar refractivity (Wildman–Crippen MR) is 93.4 cm³/mol. The van der Waals surface area contributed by atoms with E-state index >= 15 is 0 Å². The zero-order valence-electron chi connectivity index (χ0n) is 12.3. The van der Waals surface area contributed by atoms with Gasteiger partial charge in [-0.15, -0.1) is 0 Å². The Balaban J connectivity index is 1.99. The van der Waals surface area contributed by atoms with Gasteiger partial charge in [-0.3, -0.25) is 0 Å². The molecule has 0 aliphatic carbocycles. The molecule has 0 fully saturated rings. The Morgan fingerprint density at radius 1 is 0.739 bits per heavy atom. The van der Waals surface area contributed by atoms with Crippen LogP contribution >= 0.6 is 0 Å². The molecule has 0 saturated carbocycles. The van der Waals surface area contributed by atoms with Crippen molar-refractivity contribution in [2.75, 3.05) is 0 Å². The number of hydrogen-bond donors (Lipinski definition) is 0. The van der Waals surface area contributed by atoms with E-state index in [-0.39, 0.29) is 0 Å². The Kier molecular flexibility index (Phi) is 3.52. The lowest BCUT2D eigenvalue weighted by atomic mass is 10.2. The van der Waals surface area contributed by atoms with Crippen LogP contribution in [0.2, 0.25) is 0 Å². The van der Waals surface area contributed by atoms with Crippen molar-refractivity contribution in [2.24, 2.45) is 0 Å². The summed E-state index contributed by atoms with van der Waals surface area (Å²) in [5, 5.41) is 0. The first-order valence-electron chi connectivity index (χ1n) is 7.35. The summed E-state index contributed by atoms with van der Waals surface area (Å²) in [6.07, 6.45) is 0. The van der Waals surface area contributed by atoms with Crippen molar-refractivity contribution >= 4 is 22.0 Å². The highest BCUT2D eigenvalue weighted by Gasteiger charge is 2.17. The van der Waals surface area contributed by atoms with Gasteiger partial charge in [0.25, 0.3) is 0 Å². The van der Waals surface area contributed by atoms with Crippen LogP contribution in [0.4, 0.5) is 0 Å². The number of benzene rings is 3. The Morgan fingerprint density at radius 2 is 1.35 bits per heavy atom. The molecule has 0 aliphatic heterocycles. The van der Waals surface area contributed by atoms with Crippen LogP contribution in [0.1, 0.15) is 0 Å². The third kappa shape index (κ3) is 2.47. The van der Waals surface area contributed by atoms with Gasteiger partial charge in [-0.05, 0) is 24.3 Å². The lowest BCUT2D eigenvalue weighted by Crippen LogP contribution is -2.06. The molecule has 1 heterocycles. The van der Waals surface area contributed by atoms with Gasteiger partial charge in [0.1, 0.15) is 0 Å². The van der Waals surface area contributed by atoms with E-state index in [2.05, 4.69) is 0 Å². The van der Waals surface area contributed by atoms with Crippen molar-refractivity contribution in [3.8, 4) is 11.4 Å². The fourth-order valence-corrected chi connectivity index (χ4v) is 3.82. The largest absolute Gasteiger partial charge is 0.236 e. The molecular weight excluding hydrogens is 304 g/mol. The maximum absolute atomic E-state index is 13.1. The van der Waals surface area contributed by atoms with Crippen LogP contribution in [-0.4, -0.2) is 13.2 Å². The number of nitrogens with zero attached hydrogens (tertiary/aromatic N) is 2. The average Bonchev–Trinajstić information content (AvgIpc) is 3.02. The van der Waals surface area contributed by atoms with Crippen molar-refractivity contribution in [3.63, 3.8) is 0 Å². The first kappa shape index (κ1) is 13.9. The highest BCUT2D eigenvalue weighted by Crippen LogP contribution is 2.27. The molecule has 4 aromatic rings. The molecule has 0 spiro atoms. The van der Waals surface area contributed by atoms with Crippen LogP contribution in [0.15, 0.2) is 89.8 Å². The molecule has 0 aliphatic rings. The summed E-state index contributed by atoms with van der Waals surface area (Å²) in [6.45, 7) is 0. The molecule has 0 saturated heterocycles.